The number of nitrogens with zero attached hydrogens (tertiary/aromatic N) is 3. The van der Waals surface area contributed by atoms with Crippen molar-refractivity contribution in [1.29, 1.82) is 0 Å². The second kappa shape index (κ2) is 8.71. The number of benzene rings is 2. The Hall–Kier alpha value is -2.44. The SMILES string of the molecule is Cc1ccc(-n2nc(C)c(NC(=O)CN(C)Cc3ccccc3Br)c2C)cc1. The molecule has 1 amide bonds. The lowest BCUT2D eigenvalue weighted by molar-refractivity contribution is -0.117. The molecule has 6 heteroatoms. The van der Waals surface area contributed by atoms with Crippen molar-refractivity contribution in [3.05, 3.63) is 75.5 Å². The first kappa shape index (κ1) is 20.3. The van der Waals surface area contributed by atoms with E-state index in [0.29, 0.717) is 13.1 Å². The number of carbonyl (C=O) groups is 1. The Balaban J connectivity index is 1.68. The Morgan fingerprint density at radius 1 is 1.11 bits per heavy atom. The molecule has 0 saturated heterocycles. The number of hydrogen-bond donors (Lipinski definition) is 1. The predicted molar refractivity (Wildman–Crippen MR) is 117 cm³/mol. The van der Waals surface area contributed by atoms with Gasteiger partial charge in [0.05, 0.1) is 29.3 Å². The molecule has 0 aliphatic heterocycles. The average Bonchev–Trinajstić information content (AvgIpc) is 2.92. The van der Waals surface area contributed by atoms with E-state index in [4.69, 9.17) is 0 Å². The summed E-state index contributed by atoms with van der Waals surface area (Å²) in [6.07, 6.45) is 0. The van der Waals surface area contributed by atoms with Crippen LogP contribution in [-0.2, 0) is 11.3 Å². The van der Waals surface area contributed by atoms with Crippen LogP contribution in [0.1, 0.15) is 22.5 Å². The topological polar surface area (TPSA) is 50.2 Å². The van der Waals surface area contributed by atoms with E-state index in [1.165, 1.54) is 5.56 Å². The van der Waals surface area contributed by atoms with Crippen LogP contribution < -0.4 is 5.32 Å². The molecule has 5 nitrogen and oxygen atoms in total. The summed E-state index contributed by atoms with van der Waals surface area (Å²) in [5.41, 5.74) is 5.84. The van der Waals surface area contributed by atoms with E-state index in [-0.39, 0.29) is 5.91 Å². The van der Waals surface area contributed by atoms with Crippen LogP contribution >= 0.6 is 15.9 Å². The van der Waals surface area contributed by atoms with Crippen molar-refractivity contribution >= 4 is 27.5 Å². The fourth-order valence-electron chi connectivity index (χ4n) is 3.16. The Morgan fingerprint density at radius 2 is 1.79 bits per heavy atom. The van der Waals surface area contributed by atoms with Crippen molar-refractivity contribution in [2.24, 2.45) is 0 Å². The molecule has 2 aromatic carbocycles. The molecule has 0 bridgehead atoms. The normalized spacial score (nSPS) is 11.1. The molecule has 0 atom stereocenters. The van der Waals surface area contributed by atoms with Gasteiger partial charge in [0.15, 0.2) is 0 Å². The molecule has 28 heavy (non-hydrogen) atoms. The van der Waals surface area contributed by atoms with Gasteiger partial charge < -0.3 is 5.32 Å². The summed E-state index contributed by atoms with van der Waals surface area (Å²) >= 11 is 3.55. The summed E-state index contributed by atoms with van der Waals surface area (Å²) in [6, 6.07) is 16.2. The number of hydrogen-bond acceptors (Lipinski definition) is 3. The largest absolute Gasteiger partial charge is 0.322 e. The molecule has 1 N–H and O–H groups in total. The molecule has 0 unspecified atom stereocenters. The molecule has 0 fully saturated rings. The van der Waals surface area contributed by atoms with Crippen LogP contribution in [0, 0.1) is 20.8 Å². The number of anilines is 1. The maximum Gasteiger partial charge on any atom is 0.238 e. The smallest absolute Gasteiger partial charge is 0.238 e. The van der Waals surface area contributed by atoms with Gasteiger partial charge >= 0.3 is 0 Å². The molecular weight excluding hydrogens is 416 g/mol. The zero-order valence-corrected chi connectivity index (χ0v) is 18.2. The number of likely N-dealkylation sites (N-methyl/N-ethyl adjacent to an activating group) is 1. The Morgan fingerprint density at radius 3 is 2.46 bits per heavy atom. The molecule has 0 aliphatic carbocycles. The van der Waals surface area contributed by atoms with Crippen LogP contribution in [0.25, 0.3) is 5.69 Å². The fraction of sp³-hybridized carbons (Fsp3) is 0.273. The summed E-state index contributed by atoms with van der Waals surface area (Å²) in [7, 11) is 1.94. The molecule has 0 radical (unpaired) electrons. The zero-order chi connectivity index (χ0) is 20.3. The van der Waals surface area contributed by atoms with Gasteiger partial charge in [-0.3, -0.25) is 9.69 Å². The highest BCUT2D eigenvalue weighted by molar-refractivity contribution is 9.10. The van der Waals surface area contributed by atoms with E-state index in [2.05, 4.69) is 51.5 Å². The van der Waals surface area contributed by atoms with E-state index >= 15 is 0 Å². The molecule has 0 aliphatic rings. The van der Waals surface area contributed by atoms with Crippen LogP contribution in [0.4, 0.5) is 5.69 Å². The average molecular weight is 441 g/mol. The summed E-state index contributed by atoms with van der Waals surface area (Å²) in [4.78, 5) is 14.6. The molecule has 3 aromatic rings. The van der Waals surface area contributed by atoms with E-state index in [1.807, 2.05) is 60.8 Å². The van der Waals surface area contributed by atoms with Crippen molar-refractivity contribution < 1.29 is 4.79 Å². The van der Waals surface area contributed by atoms with E-state index in [0.717, 1.165) is 32.8 Å². The standard InChI is InChI=1S/C22H25BrN4O/c1-15-9-11-19(12-10-15)27-17(3)22(16(2)25-27)24-21(28)14-26(4)13-18-7-5-6-8-20(18)23/h5-12H,13-14H2,1-4H3,(H,24,28). The highest BCUT2D eigenvalue weighted by atomic mass is 79.9. The molecule has 3 rings (SSSR count). The highest BCUT2D eigenvalue weighted by Crippen LogP contribution is 2.23. The van der Waals surface area contributed by atoms with Gasteiger partial charge in [-0.15, -0.1) is 0 Å². The van der Waals surface area contributed by atoms with Crippen LogP contribution in [0.2, 0.25) is 0 Å². The quantitative estimate of drug-likeness (QED) is 0.607. The lowest BCUT2D eigenvalue weighted by Crippen LogP contribution is -2.30. The minimum Gasteiger partial charge on any atom is -0.322 e. The summed E-state index contributed by atoms with van der Waals surface area (Å²) in [5, 5.41) is 7.64. The van der Waals surface area contributed by atoms with Crippen molar-refractivity contribution in [3.8, 4) is 5.69 Å². The van der Waals surface area contributed by atoms with Crippen molar-refractivity contribution in [2.75, 3.05) is 18.9 Å². The Bertz CT molecular complexity index is 979. The van der Waals surface area contributed by atoms with Gasteiger partial charge in [0.1, 0.15) is 0 Å². The van der Waals surface area contributed by atoms with Gasteiger partial charge in [-0.1, -0.05) is 51.8 Å². The van der Waals surface area contributed by atoms with Crippen LogP contribution in [-0.4, -0.2) is 34.2 Å². The Labute approximate surface area is 174 Å². The molecule has 146 valence electrons. The van der Waals surface area contributed by atoms with Gasteiger partial charge in [-0.05, 0) is 51.6 Å². The number of aryl methyl sites for hydroxylation is 2. The third-order valence-electron chi connectivity index (χ3n) is 4.65. The minimum absolute atomic E-state index is 0.0517. The fourth-order valence-corrected chi connectivity index (χ4v) is 3.57. The Kier molecular flexibility index (Phi) is 6.31. The molecule has 0 saturated carbocycles. The minimum atomic E-state index is -0.0517. The van der Waals surface area contributed by atoms with Crippen LogP contribution in [0.5, 0.6) is 0 Å². The first-order valence-corrected chi connectivity index (χ1v) is 9.99. The molecule has 1 aromatic heterocycles. The van der Waals surface area contributed by atoms with Crippen molar-refractivity contribution in [1.82, 2.24) is 14.7 Å². The molecule has 1 heterocycles. The first-order chi connectivity index (χ1) is 13.3. The lowest BCUT2D eigenvalue weighted by Gasteiger charge is -2.17. The van der Waals surface area contributed by atoms with Gasteiger partial charge in [0.2, 0.25) is 5.91 Å². The number of aromatic nitrogens is 2. The predicted octanol–water partition coefficient (Wildman–Crippen LogP) is 4.63. The summed E-state index contributed by atoms with van der Waals surface area (Å²) < 4.78 is 2.92. The number of halogens is 1. The van der Waals surface area contributed by atoms with Gasteiger partial charge in [0, 0.05) is 11.0 Å². The summed E-state index contributed by atoms with van der Waals surface area (Å²) in [5.74, 6) is -0.0517. The first-order valence-electron chi connectivity index (χ1n) is 9.20. The summed E-state index contributed by atoms with van der Waals surface area (Å²) in [6.45, 7) is 6.94. The molecule has 0 spiro atoms. The maximum atomic E-state index is 12.6. The number of rotatable bonds is 6. The van der Waals surface area contributed by atoms with Gasteiger partial charge in [-0.25, -0.2) is 4.68 Å². The van der Waals surface area contributed by atoms with E-state index in [1.54, 1.807) is 0 Å². The second-order valence-electron chi connectivity index (χ2n) is 7.11. The lowest BCUT2D eigenvalue weighted by atomic mass is 10.2. The molecular formula is C22H25BrN4O. The van der Waals surface area contributed by atoms with Crippen LogP contribution in [0.3, 0.4) is 0 Å². The van der Waals surface area contributed by atoms with E-state index in [9.17, 15) is 4.79 Å². The maximum absolute atomic E-state index is 12.6. The van der Waals surface area contributed by atoms with Gasteiger partial charge in [-0.2, -0.15) is 5.10 Å². The number of carbonyl (C=O) groups excluding carboxylic acids is 1. The monoisotopic (exact) mass is 440 g/mol. The zero-order valence-electron chi connectivity index (χ0n) is 16.7. The third kappa shape index (κ3) is 4.69. The number of amides is 1. The third-order valence-corrected chi connectivity index (χ3v) is 5.42. The van der Waals surface area contributed by atoms with E-state index < -0.39 is 0 Å². The van der Waals surface area contributed by atoms with Gasteiger partial charge in [0.25, 0.3) is 0 Å². The van der Waals surface area contributed by atoms with Crippen LogP contribution in [0.15, 0.2) is 53.0 Å². The highest BCUT2D eigenvalue weighted by Gasteiger charge is 2.16. The number of nitrogens with one attached hydrogen (secondary N) is 1. The second-order valence-corrected chi connectivity index (χ2v) is 7.96. The van der Waals surface area contributed by atoms with Crippen molar-refractivity contribution in [3.63, 3.8) is 0 Å². The van der Waals surface area contributed by atoms with Crippen molar-refractivity contribution in [2.45, 2.75) is 27.3 Å².